The van der Waals surface area contributed by atoms with Gasteiger partial charge in [0.15, 0.2) is 10.9 Å². The summed E-state index contributed by atoms with van der Waals surface area (Å²) in [5, 5.41) is 6.09. The van der Waals surface area contributed by atoms with Gasteiger partial charge in [0.1, 0.15) is 0 Å². The molecule has 0 aliphatic heterocycles. The summed E-state index contributed by atoms with van der Waals surface area (Å²) in [6.07, 6.45) is 0. The third kappa shape index (κ3) is 4.38. The van der Waals surface area contributed by atoms with Gasteiger partial charge in [0, 0.05) is 21.8 Å². The number of amides is 1. The maximum Gasteiger partial charge on any atom is 0.257 e. The summed E-state index contributed by atoms with van der Waals surface area (Å²) in [4.78, 5) is 23.2. The van der Waals surface area contributed by atoms with Gasteiger partial charge in [-0.25, -0.2) is 0 Å². The zero-order chi connectivity index (χ0) is 16.1. The summed E-state index contributed by atoms with van der Waals surface area (Å²) in [7, 11) is 0. The fourth-order valence-corrected chi connectivity index (χ4v) is 2.16. The van der Waals surface area contributed by atoms with Gasteiger partial charge >= 0.3 is 0 Å². The first-order valence-corrected chi connectivity index (χ1v) is 7.23. The Kier molecular flexibility index (Phi) is 5.25. The first-order chi connectivity index (χ1) is 10.5. The van der Waals surface area contributed by atoms with Crippen molar-refractivity contribution in [1.82, 2.24) is 5.32 Å². The van der Waals surface area contributed by atoms with Crippen LogP contribution in [-0.4, -0.2) is 16.8 Å². The average Bonchev–Trinajstić information content (AvgIpc) is 2.47. The molecule has 0 atom stereocenters. The van der Waals surface area contributed by atoms with Crippen LogP contribution in [-0.2, 0) is 0 Å². The topological polar surface area (TPSA) is 58.2 Å². The standard InChI is InChI=1S/C16H13ClN2O2S/c1-10(20)11-5-7-14(8-6-11)18-16(22)19-15(21)12-3-2-4-13(17)9-12/h2-9H,1H3,(H2,18,19,21,22). The van der Waals surface area contributed by atoms with Crippen molar-refractivity contribution in [3.05, 3.63) is 64.7 Å². The SMILES string of the molecule is CC(=O)c1ccc(NC(=S)NC(=O)c2cccc(Cl)c2)cc1. The number of hydrogen-bond acceptors (Lipinski definition) is 3. The molecule has 0 spiro atoms. The van der Waals surface area contributed by atoms with Crippen LogP contribution in [0.1, 0.15) is 27.6 Å². The first-order valence-electron chi connectivity index (χ1n) is 6.44. The monoisotopic (exact) mass is 332 g/mol. The largest absolute Gasteiger partial charge is 0.332 e. The lowest BCUT2D eigenvalue weighted by Gasteiger charge is -2.10. The van der Waals surface area contributed by atoms with Crippen molar-refractivity contribution in [1.29, 1.82) is 0 Å². The number of hydrogen-bond donors (Lipinski definition) is 2. The van der Waals surface area contributed by atoms with E-state index in [0.29, 0.717) is 21.8 Å². The zero-order valence-electron chi connectivity index (χ0n) is 11.7. The van der Waals surface area contributed by atoms with E-state index in [4.69, 9.17) is 23.8 Å². The number of benzene rings is 2. The molecule has 2 aromatic rings. The van der Waals surface area contributed by atoms with E-state index in [-0.39, 0.29) is 16.8 Å². The summed E-state index contributed by atoms with van der Waals surface area (Å²) in [5.74, 6) is -0.358. The molecule has 4 nitrogen and oxygen atoms in total. The predicted octanol–water partition coefficient (Wildman–Crippen LogP) is 3.67. The Morgan fingerprint density at radius 3 is 2.32 bits per heavy atom. The molecule has 0 aliphatic carbocycles. The maximum atomic E-state index is 12.0. The van der Waals surface area contributed by atoms with Gasteiger partial charge in [-0.3, -0.25) is 14.9 Å². The van der Waals surface area contributed by atoms with Crippen molar-refractivity contribution < 1.29 is 9.59 Å². The number of thiocarbonyl (C=S) groups is 1. The molecular weight excluding hydrogens is 320 g/mol. The fourth-order valence-electron chi connectivity index (χ4n) is 1.76. The molecule has 0 heterocycles. The molecule has 2 N–H and O–H groups in total. The molecule has 0 unspecified atom stereocenters. The van der Waals surface area contributed by atoms with Crippen molar-refractivity contribution in [3.8, 4) is 0 Å². The second kappa shape index (κ2) is 7.15. The smallest absolute Gasteiger partial charge is 0.257 e. The Morgan fingerprint density at radius 1 is 1.05 bits per heavy atom. The molecule has 2 rings (SSSR count). The number of rotatable bonds is 3. The molecule has 0 fully saturated rings. The second-order valence-corrected chi connectivity index (χ2v) is 5.40. The van der Waals surface area contributed by atoms with Crippen LogP contribution in [0.25, 0.3) is 0 Å². The molecular formula is C16H13ClN2O2S. The van der Waals surface area contributed by atoms with E-state index in [9.17, 15) is 9.59 Å². The molecule has 0 radical (unpaired) electrons. The molecule has 0 saturated carbocycles. The summed E-state index contributed by atoms with van der Waals surface area (Å²) < 4.78 is 0. The van der Waals surface area contributed by atoms with Crippen molar-refractivity contribution in [2.24, 2.45) is 0 Å². The average molecular weight is 333 g/mol. The van der Waals surface area contributed by atoms with Gasteiger partial charge in [0.2, 0.25) is 0 Å². The van der Waals surface area contributed by atoms with Gasteiger partial charge < -0.3 is 5.32 Å². The van der Waals surface area contributed by atoms with Crippen LogP contribution in [0.2, 0.25) is 5.02 Å². The third-order valence-electron chi connectivity index (χ3n) is 2.86. The molecule has 112 valence electrons. The number of carbonyl (C=O) groups is 2. The van der Waals surface area contributed by atoms with Gasteiger partial charge in [-0.05, 0) is 61.6 Å². The Balaban J connectivity index is 1.98. The Morgan fingerprint density at radius 2 is 1.73 bits per heavy atom. The molecule has 0 aliphatic rings. The van der Waals surface area contributed by atoms with Crippen LogP contribution < -0.4 is 10.6 Å². The molecule has 0 saturated heterocycles. The highest BCUT2D eigenvalue weighted by molar-refractivity contribution is 7.80. The minimum absolute atomic E-state index is 0.0108. The quantitative estimate of drug-likeness (QED) is 0.665. The van der Waals surface area contributed by atoms with Crippen molar-refractivity contribution in [2.75, 3.05) is 5.32 Å². The Hall–Kier alpha value is -2.24. The highest BCUT2D eigenvalue weighted by atomic mass is 35.5. The lowest BCUT2D eigenvalue weighted by atomic mass is 10.1. The van der Waals surface area contributed by atoms with Crippen LogP contribution in [0.15, 0.2) is 48.5 Å². The number of anilines is 1. The number of halogens is 1. The number of Topliss-reactive ketones (excluding diaryl/α,β-unsaturated/α-hetero) is 1. The van der Waals surface area contributed by atoms with Crippen LogP contribution in [0.5, 0.6) is 0 Å². The molecule has 0 bridgehead atoms. The van der Waals surface area contributed by atoms with E-state index in [1.54, 1.807) is 48.5 Å². The Labute approximate surface area is 138 Å². The predicted molar refractivity (Wildman–Crippen MR) is 91.6 cm³/mol. The summed E-state index contributed by atoms with van der Waals surface area (Å²) in [5.41, 5.74) is 1.71. The molecule has 6 heteroatoms. The van der Waals surface area contributed by atoms with Gasteiger partial charge in [0.05, 0.1) is 0 Å². The lowest BCUT2D eigenvalue weighted by Crippen LogP contribution is -2.34. The zero-order valence-corrected chi connectivity index (χ0v) is 13.3. The molecule has 2 aromatic carbocycles. The number of ketones is 1. The van der Waals surface area contributed by atoms with Crippen molar-refractivity contribution in [3.63, 3.8) is 0 Å². The third-order valence-corrected chi connectivity index (χ3v) is 3.30. The Bertz CT molecular complexity index is 729. The van der Waals surface area contributed by atoms with Crippen LogP contribution in [0.4, 0.5) is 5.69 Å². The maximum absolute atomic E-state index is 12.0. The number of carbonyl (C=O) groups excluding carboxylic acids is 2. The van der Waals surface area contributed by atoms with Crippen molar-refractivity contribution >= 4 is 46.3 Å². The van der Waals surface area contributed by atoms with Gasteiger partial charge in [-0.2, -0.15) is 0 Å². The molecule has 0 aromatic heterocycles. The lowest BCUT2D eigenvalue weighted by molar-refractivity contribution is 0.0976. The summed E-state index contributed by atoms with van der Waals surface area (Å²) in [6, 6.07) is 13.4. The van der Waals surface area contributed by atoms with E-state index in [0.717, 1.165) is 0 Å². The normalized spacial score (nSPS) is 9.91. The van der Waals surface area contributed by atoms with Crippen LogP contribution >= 0.6 is 23.8 Å². The second-order valence-electron chi connectivity index (χ2n) is 4.55. The van der Waals surface area contributed by atoms with E-state index in [1.165, 1.54) is 6.92 Å². The van der Waals surface area contributed by atoms with Crippen LogP contribution in [0.3, 0.4) is 0 Å². The van der Waals surface area contributed by atoms with Gasteiger partial charge in [-0.15, -0.1) is 0 Å². The summed E-state index contributed by atoms with van der Waals surface area (Å²) in [6.45, 7) is 1.50. The minimum Gasteiger partial charge on any atom is -0.332 e. The molecule has 22 heavy (non-hydrogen) atoms. The first kappa shape index (κ1) is 16.1. The van der Waals surface area contributed by atoms with E-state index < -0.39 is 0 Å². The highest BCUT2D eigenvalue weighted by Crippen LogP contribution is 2.12. The number of nitrogens with one attached hydrogen (secondary N) is 2. The fraction of sp³-hybridized carbons (Fsp3) is 0.0625. The van der Waals surface area contributed by atoms with Gasteiger partial charge in [-0.1, -0.05) is 17.7 Å². The van der Waals surface area contributed by atoms with Gasteiger partial charge in [0.25, 0.3) is 5.91 Å². The highest BCUT2D eigenvalue weighted by Gasteiger charge is 2.08. The van der Waals surface area contributed by atoms with Crippen molar-refractivity contribution in [2.45, 2.75) is 6.92 Å². The van der Waals surface area contributed by atoms with Crippen LogP contribution in [0, 0.1) is 0 Å². The van der Waals surface area contributed by atoms with E-state index in [2.05, 4.69) is 10.6 Å². The summed E-state index contributed by atoms with van der Waals surface area (Å²) >= 11 is 10.9. The molecule has 1 amide bonds. The van der Waals surface area contributed by atoms with E-state index >= 15 is 0 Å². The van der Waals surface area contributed by atoms with E-state index in [1.807, 2.05) is 0 Å². The minimum atomic E-state index is -0.347.